The van der Waals surface area contributed by atoms with Crippen LogP contribution in [0.2, 0.25) is 0 Å². The quantitative estimate of drug-likeness (QED) is 0.781. The molecule has 1 heterocycles. The van der Waals surface area contributed by atoms with Gasteiger partial charge in [0.2, 0.25) is 5.91 Å². The molecule has 152 valence electrons. The summed E-state index contributed by atoms with van der Waals surface area (Å²) in [6.07, 6.45) is 1.91. The van der Waals surface area contributed by atoms with E-state index >= 15 is 0 Å². The minimum atomic E-state index is -0.848. The highest BCUT2D eigenvalue weighted by molar-refractivity contribution is 5.96. The number of carboxylic acid groups (broad SMARTS) is 1. The van der Waals surface area contributed by atoms with E-state index in [9.17, 15) is 18.8 Å². The fraction of sp³-hybridized carbons (Fsp3) is 0.318. The first-order chi connectivity index (χ1) is 13.9. The molecule has 29 heavy (non-hydrogen) atoms. The van der Waals surface area contributed by atoms with Gasteiger partial charge in [0, 0.05) is 30.8 Å². The number of hydrogen-bond donors (Lipinski definition) is 2. The van der Waals surface area contributed by atoms with Crippen LogP contribution in [-0.2, 0) is 16.0 Å². The number of benzene rings is 2. The van der Waals surface area contributed by atoms with Gasteiger partial charge in [0.1, 0.15) is 5.82 Å². The third-order valence-corrected chi connectivity index (χ3v) is 5.02. The number of nitrogens with one attached hydrogen (secondary N) is 1. The van der Waals surface area contributed by atoms with Crippen LogP contribution in [0.1, 0.15) is 35.2 Å². The summed E-state index contributed by atoms with van der Waals surface area (Å²) >= 11 is 0. The van der Waals surface area contributed by atoms with E-state index in [4.69, 9.17) is 5.11 Å². The number of hydrogen-bond acceptors (Lipinski definition) is 3. The molecule has 1 fully saturated rings. The SMILES string of the molecule is O=C(O)CCc1ccc(NC(=O)C2CCCN(C(=O)c3ccc(F)cc3)C2)cc1. The minimum Gasteiger partial charge on any atom is -0.481 e. The van der Waals surface area contributed by atoms with Crippen LogP contribution in [0.3, 0.4) is 0 Å². The molecule has 1 aliphatic heterocycles. The highest BCUT2D eigenvalue weighted by atomic mass is 19.1. The van der Waals surface area contributed by atoms with Gasteiger partial charge in [-0.15, -0.1) is 0 Å². The van der Waals surface area contributed by atoms with Crippen LogP contribution in [0.25, 0.3) is 0 Å². The van der Waals surface area contributed by atoms with Crippen molar-refractivity contribution in [1.82, 2.24) is 4.90 Å². The van der Waals surface area contributed by atoms with Crippen molar-refractivity contribution in [1.29, 1.82) is 0 Å². The van der Waals surface area contributed by atoms with Gasteiger partial charge in [-0.1, -0.05) is 12.1 Å². The number of anilines is 1. The van der Waals surface area contributed by atoms with Crippen molar-refractivity contribution >= 4 is 23.5 Å². The maximum absolute atomic E-state index is 13.1. The molecule has 1 atom stereocenters. The number of aliphatic carboxylic acids is 1. The summed E-state index contributed by atoms with van der Waals surface area (Å²) in [5, 5.41) is 11.6. The zero-order valence-corrected chi connectivity index (χ0v) is 15.9. The normalized spacial score (nSPS) is 16.3. The van der Waals surface area contributed by atoms with Crippen molar-refractivity contribution in [3.63, 3.8) is 0 Å². The maximum Gasteiger partial charge on any atom is 0.303 e. The van der Waals surface area contributed by atoms with Crippen molar-refractivity contribution in [3.8, 4) is 0 Å². The van der Waals surface area contributed by atoms with E-state index < -0.39 is 11.8 Å². The highest BCUT2D eigenvalue weighted by Gasteiger charge is 2.29. The summed E-state index contributed by atoms with van der Waals surface area (Å²) in [6, 6.07) is 12.5. The number of carboxylic acids is 1. The number of carbonyl (C=O) groups excluding carboxylic acids is 2. The zero-order chi connectivity index (χ0) is 20.8. The topological polar surface area (TPSA) is 86.7 Å². The predicted molar refractivity (Wildman–Crippen MR) is 106 cm³/mol. The maximum atomic E-state index is 13.1. The summed E-state index contributed by atoms with van der Waals surface area (Å²) in [5.41, 5.74) is 1.93. The van der Waals surface area contributed by atoms with Gasteiger partial charge in [0.05, 0.1) is 5.92 Å². The Labute approximate surface area is 168 Å². The molecule has 6 nitrogen and oxygen atoms in total. The first-order valence-corrected chi connectivity index (χ1v) is 9.59. The molecule has 0 bridgehead atoms. The number of amides is 2. The third kappa shape index (κ3) is 5.63. The number of likely N-dealkylation sites (tertiary alicyclic amines) is 1. The van der Waals surface area contributed by atoms with Crippen molar-refractivity contribution < 1.29 is 23.9 Å². The summed E-state index contributed by atoms with van der Waals surface area (Å²) < 4.78 is 13.1. The second-order valence-electron chi connectivity index (χ2n) is 7.18. The van der Waals surface area contributed by atoms with Gasteiger partial charge in [-0.05, 0) is 61.2 Å². The Kier molecular flexibility index (Phi) is 6.59. The molecule has 2 amide bonds. The van der Waals surface area contributed by atoms with Crippen LogP contribution in [0.15, 0.2) is 48.5 Å². The zero-order valence-electron chi connectivity index (χ0n) is 15.9. The Morgan fingerprint density at radius 1 is 1.07 bits per heavy atom. The average Bonchev–Trinajstić information content (AvgIpc) is 2.73. The first-order valence-electron chi connectivity index (χ1n) is 9.59. The van der Waals surface area contributed by atoms with Gasteiger partial charge in [-0.2, -0.15) is 0 Å². The Morgan fingerprint density at radius 2 is 1.76 bits per heavy atom. The second-order valence-corrected chi connectivity index (χ2v) is 7.18. The Morgan fingerprint density at radius 3 is 2.41 bits per heavy atom. The monoisotopic (exact) mass is 398 g/mol. The predicted octanol–water partition coefficient (Wildman–Crippen LogP) is 3.33. The molecule has 1 aliphatic rings. The fourth-order valence-corrected chi connectivity index (χ4v) is 3.40. The van der Waals surface area contributed by atoms with Gasteiger partial charge >= 0.3 is 5.97 Å². The molecule has 2 N–H and O–H groups in total. The van der Waals surface area contributed by atoms with Gasteiger partial charge in [0.25, 0.3) is 5.91 Å². The van der Waals surface area contributed by atoms with Crippen LogP contribution in [0, 0.1) is 11.7 Å². The van der Waals surface area contributed by atoms with E-state index in [1.807, 2.05) is 0 Å². The summed E-state index contributed by atoms with van der Waals surface area (Å²) in [7, 11) is 0. The molecule has 0 aliphatic carbocycles. The fourth-order valence-electron chi connectivity index (χ4n) is 3.40. The van der Waals surface area contributed by atoms with E-state index in [-0.39, 0.29) is 24.2 Å². The van der Waals surface area contributed by atoms with Crippen molar-refractivity contribution in [2.75, 3.05) is 18.4 Å². The molecule has 0 saturated carbocycles. The Balaban J connectivity index is 1.57. The number of halogens is 1. The van der Waals surface area contributed by atoms with Crippen LogP contribution in [0.5, 0.6) is 0 Å². The molecule has 7 heteroatoms. The van der Waals surface area contributed by atoms with Gasteiger partial charge in [-0.25, -0.2) is 4.39 Å². The molecular formula is C22H23FN2O4. The number of aryl methyl sites for hydroxylation is 1. The third-order valence-electron chi connectivity index (χ3n) is 5.02. The molecule has 2 aromatic carbocycles. The standard InChI is InChI=1S/C22H23FN2O4/c23-18-8-6-16(7-9-18)22(29)25-13-1-2-17(14-25)21(28)24-19-10-3-15(4-11-19)5-12-20(26)27/h3-4,6-11,17H,1-2,5,12-14H2,(H,24,28)(H,26,27). The molecule has 2 aromatic rings. The number of piperidine rings is 1. The van der Waals surface area contributed by atoms with E-state index in [1.54, 1.807) is 29.2 Å². The van der Waals surface area contributed by atoms with E-state index in [0.29, 0.717) is 37.2 Å². The summed E-state index contributed by atoms with van der Waals surface area (Å²) in [5.74, 6) is -1.92. The smallest absolute Gasteiger partial charge is 0.303 e. The van der Waals surface area contributed by atoms with E-state index in [0.717, 1.165) is 12.0 Å². The second kappa shape index (κ2) is 9.32. The summed E-state index contributed by atoms with van der Waals surface area (Å²) in [6.45, 7) is 0.886. The molecule has 0 radical (unpaired) electrons. The lowest BCUT2D eigenvalue weighted by Gasteiger charge is -2.32. The van der Waals surface area contributed by atoms with Gasteiger partial charge < -0.3 is 15.3 Å². The largest absolute Gasteiger partial charge is 0.481 e. The lowest BCUT2D eigenvalue weighted by molar-refractivity contribution is -0.137. The van der Waals surface area contributed by atoms with Crippen LogP contribution in [-0.4, -0.2) is 40.9 Å². The minimum absolute atomic E-state index is 0.0612. The highest BCUT2D eigenvalue weighted by Crippen LogP contribution is 2.21. The molecule has 1 unspecified atom stereocenters. The van der Waals surface area contributed by atoms with Crippen LogP contribution < -0.4 is 5.32 Å². The van der Waals surface area contributed by atoms with Crippen LogP contribution >= 0.6 is 0 Å². The summed E-state index contributed by atoms with van der Waals surface area (Å²) in [4.78, 5) is 37.5. The molecule has 0 aromatic heterocycles. The molecule has 0 spiro atoms. The van der Waals surface area contributed by atoms with Crippen LogP contribution in [0.4, 0.5) is 10.1 Å². The number of carbonyl (C=O) groups is 3. The van der Waals surface area contributed by atoms with Crippen molar-refractivity contribution in [3.05, 3.63) is 65.5 Å². The molecule has 3 rings (SSSR count). The van der Waals surface area contributed by atoms with E-state index in [2.05, 4.69) is 5.32 Å². The average molecular weight is 398 g/mol. The lowest BCUT2D eigenvalue weighted by Crippen LogP contribution is -2.43. The molecular weight excluding hydrogens is 375 g/mol. The van der Waals surface area contributed by atoms with E-state index in [1.165, 1.54) is 24.3 Å². The molecule has 1 saturated heterocycles. The lowest BCUT2D eigenvalue weighted by atomic mass is 9.96. The number of rotatable bonds is 6. The van der Waals surface area contributed by atoms with Crippen molar-refractivity contribution in [2.45, 2.75) is 25.7 Å². The van der Waals surface area contributed by atoms with Crippen molar-refractivity contribution in [2.24, 2.45) is 5.92 Å². The van der Waals surface area contributed by atoms with Gasteiger partial charge in [-0.3, -0.25) is 14.4 Å². The van der Waals surface area contributed by atoms with Gasteiger partial charge in [0.15, 0.2) is 0 Å². The Bertz CT molecular complexity index is 881. The Hall–Kier alpha value is -3.22. The number of nitrogens with zero attached hydrogens (tertiary/aromatic N) is 1. The first kappa shape index (κ1) is 20.5.